The van der Waals surface area contributed by atoms with Gasteiger partial charge in [-0.2, -0.15) is 0 Å². The van der Waals surface area contributed by atoms with E-state index in [1.807, 2.05) is 19.2 Å². The fourth-order valence-electron chi connectivity index (χ4n) is 2.04. The number of carbonyl (C=O) groups excluding carboxylic acids is 1. The third-order valence-corrected chi connectivity index (χ3v) is 3.27. The molecule has 5 heteroatoms. The van der Waals surface area contributed by atoms with E-state index in [-0.39, 0.29) is 12.0 Å². The maximum absolute atomic E-state index is 11.8. The molecule has 0 spiro atoms. The third-order valence-electron chi connectivity index (χ3n) is 3.04. The lowest BCUT2D eigenvalue weighted by molar-refractivity contribution is -0.132. The maximum atomic E-state index is 11.8. The molecule has 0 bridgehead atoms. The van der Waals surface area contributed by atoms with Crippen molar-refractivity contribution in [3.05, 3.63) is 28.8 Å². The summed E-state index contributed by atoms with van der Waals surface area (Å²) in [4.78, 5) is 13.5. The number of halogens is 1. The molecule has 1 fully saturated rings. The molecule has 1 aliphatic heterocycles. The number of amides is 1. The average molecular weight is 269 g/mol. The SMILES string of the molecule is CNCc1cc(Cl)ccc1OC1CCN(C)C1=O. The van der Waals surface area contributed by atoms with Crippen molar-refractivity contribution < 1.29 is 9.53 Å². The van der Waals surface area contributed by atoms with Crippen LogP contribution in [0.15, 0.2) is 18.2 Å². The average Bonchev–Trinajstić information content (AvgIpc) is 2.65. The zero-order valence-corrected chi connectivity index (χ0v) is 11.3. The first kappa shape index (κ1) is 13.2. The van der Waals surface area contributed by atoms with E-state index in [0.717, 1.165) is 24.3 Å². The van der Waals surface area contributed by atoms with Gasteiger partial charge in [0.1, 0.15) is 5.75 Å². The maximum Gasteiger partial charge on any atom is 0.263 e. The Morgan fingerprint density at radius 3 is 2.94 bits per heavy atom. The molecule has 0 aromatic heterocycles. The monoisotopic (exact) mass is 268 g/mol. The molecule has 1 N–H and O–H groups in total. The number of rotatable bonds is 4. The van der Waals surface area contributed by atoms with Crippen LogP contribution < -0.4 is 10.1 Å². The second kappa shape index (κ2) is 5.59. The molecule has 1 heterocycles. The van der Waals surface area contributed by atoms with Crippen molar-refractivity contribution in [1.29, 1.82) is 0 Å². The van der Waals surface area contributed by atoms with Crippen LogP contribution in [-0.4, -0.2) is 37.6 Å². The third kappa shape index (κ3) is 2.76. The van der Waals surface area contributed by atoms with Gasteiger partial charge in [0, 0.05) is 37.1 Å². The number of benzene rings is 1. The van der Waals surface area contributed by atoms with Crippen LogP contribution in [0.3, 0.4) is 0 Å². The first-order valence-electron chi connectivity index (χ1n) is 5.96. The first-order chi connectivity index (χ1) is 8.61. The molecular weight excluding hydrogens is 252 g/mol. The van der Waals surface area contributed by atoms with E-state index in [4.69, 9.17) is 16.3 Å². The van der Waals surface area contributed by atoms with Gasteiger partial charge in [-0.05, 0) is 25.2 Å². The molecule has 0 radical (unpaired) electrons. The number of hydrogen-bond donors (Lipinski definition) is 1. The van der Waals surface area contributed by atoms with Gasteiger partial charge in [-0.15, -0.1) is 0 Å². The molecule has 98 valence electrons. The molecule has 1 aromatic carbocycles. The van der Waals surface area contributed by atoms with E-state index in [2.05, 4.69) is 5.32 Å². The number of ether oxygens (including phenoxy) is 1. The van der Waals surface area contributed by atoms with Crippen LogP contribution in [0.5, 0.6) is 5.75 Å². The molecule has 1 unspecified atom stereocenters. The second-order valence-corrected chi connectivity index (χ2v) is 4.87. The van der Waals surface area contributed by atoms with Crippen LogP contribution in [0.4, 0.5) is 0 Å². The molecule has 1 atom stereocenters. The van der Waals surface area contributed by atoms with Gasteiger partial charge in [-0.25, -0.2) is 0 Å². The number of likely N-dealkylation sites (N-methyl/N-ethyl adjacent to an activating group) is 1. The molecule has 4 nitrogen and oxygen atoms in total. The fourth-order valence-corrected chi connectivity index (χ4v) is 2.24. The van der Waals surface area contributed by atoms with Crippen molar-refractivity contribution in [2.24, 2.45) is 0 Å². The number of nitrogens with zero attached hydrogens (tertiary/aromatic N) is 1. The molecule has 0 saturated carbocycles. The zero-order chi connectivity index (χ0) is 13.1. The number of carbonyl (C=O) groups is 1. The van der Waals surface area contributed by atoms with Crippen molar-refractivity contribution in [2.75, 3.05) is 20.6 Å². The lowest BCUT2D eigenvalue weighted by Gasteiger charge is -2.16. The molecular formula is C13H17ClN2O2. The number of likely N-dealkylation sites (tertiary alicyclic amines) is 1. The van der Waals surface area contributed by atoms with Gasteiger partial charge in [0.15, 0.2) is 6.10 Å². The highest BCUT2D eigenvalue weighted by Gasteiger charge is 2.31. The van der Waals surface area contributed by atoms with E-state index in [1.54, 1.807) is 18.0 Å². The smallest absolute Gasteiger partial charge is 0.263 e. The summed E-state index contributed by atoms with van der Waals surface area (Å²) in [6.07, 6.45) is 0.364. The van der Waals surface area contributed by atoms with Gasteiger partial charge < -0.3 is 15.0 Å². The minimum Gasteiger partial charge on any atom is -0.480 e. The van der Waals surface area contributed by atoms with Gasteiger partial charge in [0.05, 0.1) is 0 Å². The van der Waals surface area contributed by atoms with Crippen molar-refractivity contribution in [2.45, 2.75) is 19.1 Å². The summed E-state index contributed by atoms with van der Waals surface area (Å²) in [7, 11) is 3.65. The Balaban J connectivity index is 2.16. The molecule has 1 saturated heterocycles. The van der Waals surface area contributed by atoms with Crippen LogP contribution in [-0.2, 0) is 11.3 Å². The van der Waals surface area contributed by atoms with Crippen molar-refractivity contribution in [1.82, 2.24) is 10.2 Å². The Morgan fingerprint density at radius 1 is 1.56 bits per heavy atom. The van der Waals surface area contributed by atoms with Gasteiger partial charge in [0.25, 0.3) is 5.91 Å². The first-order valence-corrected chi connectivity index (χ1v) is 6.34. The van der Waals surface area contributed by atoms with Gasteiger partial charge >= 0.3 is 0 Å². The van der Waals surface area contributed by atoms with E-state index in [9.17, 15) is 4.79 Å². The summed E-state index contributed by atoms with van der Waals surface area (Å²) in [5.41, 5.74) is 0.965. The van der Waals surface area contributed by atoms with Gasteiger partial charge in [-0.3, -0.25) is 4.79 Å². The molecule has 0 aliphatic carbocycles. The molecule has 2 rings (SSSR count). The van der Waals surface area contributed by atoms with Crippen LogP contribution in [0, 0.1) is 0 Å². The summed E-state index contributed by atoms with van der Waals surface area (Å²) < 4.78 is 5.81. The fraction of sp³-hybridized carbons (Fsp3) is 0.462. The minimum atomic E-state index is -0.369. The number of hydrogen-bond acceptors (Lipinski definition) is 3. The van der Waals surface area contributed by atoms with Gasteiger partial charge in [0.2, 0.25) is 0 Å². The molecule has 1 amide bonds. The summed E-state index contributed by atoms with van der Waals surface area (Å²) in [5, 5.41) is 3.73. The van der Waals surface area contributed by atoms with Crippen LogP contribution >= 0.6 is 11.6 Å². The topological polar surface area (TPSA) is 41.6 Å². The Labute approximate surface area is 112 Å². The predicted molar refractivity (Wildman–Crippen MR) is 70.9 cm³/mol. The second-order valence-electron chi connectivity index (χ2n) is 4.44. The Morgan fingerprint density at radius 2 is 2.33 bits per heavy atom. The highest BCUT2D eigenvalue weighted by atomic mass is 35.5. The highest BCUT2D eigenvalue weighted by Crippen LogP contribution is 2.26. The predicted octanol–water partition coefficient (Wildman–Crippen LogP) is 1.67. The lowest BCUT2D eigenvalue weighted by Crippen LogP contribution is -2.29. The Hall–Kier alpha value is -1.26. The zero-order valence-electron chi connectivity index (χ0n) is 10.6. The van der Waals surface area contributed by atoms with Crippen molar-refractivity contribution in [3.63, 3.8) is 0 Å². The Kier molecular flexibility index (Phi) is 4.09. The normalized spacial score (nSPS) is 19.4. The van der Waals surface area contributed by atoms with Crippen molar-refractivity contribution in [3.8, 4) is 5.75 Å². The quantitative estimate of drug-likeness (QED) is 0.903. The minimum absolute atomic E-state index is 0.0420. The van der Waals surface area contributed by atoms with Gasteiger partial charge in [-0.1, -0.05) is 11.6 Å². The van der Waals surface area contributed by atoms with Crippen LogP contribution in [0.1, 0.15) is 12.0 Å². The lowest BCUT2D eigenvalue weighted by atomic mass is 10.2. The van der Waals surface area contributed by atoms with E-state index < -0.39 is 0 Å². The van der Waals surface area contributed by atoms with Crippen molar-refractivity contribution >= 4 is 17.5 Å². The summed E-state index contributed by atoms with van der Waals surface area (Å²) in [6.45, 7) is 1.41. The molecule has 1 aromatic rings. The largest absolute Gasteiger partial charge is 0.480 e. The molecule has 18 heavy (non-hydrogen) atoms. The van der Waals surface area contributed by atoms with E-state index in [0.29, 0.717) is 11.6 Å². The molecule has 1 aliphatic rings. The summed E-state index contributed by atoms with van der Waals surface area (Å²) in [5.74, 6) is 0.766. The Bertz CT molecular complexity index is 451. The highest BCUT2D eigenvalue weighted by molar-refractivity contribution is 6.30. The van der Waals surface area contributed by atoms with Crippen LogP contribution in [0.25, 0.3) is 0 Å². The van der Waals surface area contributed by atoms with E-state index >= 15 is 0 Å². The van der Waals surface area contributed by atoms with Crippen LogP contribution in [0.2, 0.25) is 5.02 Å². The summed E-state index contributed by atoms with van der Waals surface area (Å²) >= 11 is 5.96. The number of nitrogens with one attached hydrogen (secondary N) is 1. The standard InChI is InChI=1S/C13H17ClN2O2/c1-15-8-9-7-10(14)3-4-11(9)18-12-5-6-16(2)13(12)17/h3-4,7,12,15H,5-6,8H2,1-2H3. The van der Waals surface area contributed by atoms with E-state index in [1.165, 1.54) is 0 Å². The summed E-state index contributed by atoms with van der Waals surface area (Å²) in [6, 6.07) is 5.45.